The van der Waals surface area contributed by atoms with Crippen molar-refractivity contribution < 1.29 is 150 Å². The van der Waals surface area contributed by atoms with Gasteiger partial charge in [-0.1, -0.05) is 334 Å². The van der Waals surface area contributed by atoms with Gasteiger partial charge in [0.05, 0.1) is 63.3 Å². The zero-order chi connectivity index (χ0) is 103. The Hall–Kier alpha value is -13.2. The van der Waals surface area contributed by atoms with Gasteiger partial charge in [-0.25, -0.2) is 22.4 Å². The summed E-state index contributed by atoms with van der Waals surface area (Å²) in [7, 11) is 12.3. The maximum absolute atomic E-state index is 13.5. The number of halogens is 7. The number of rotatable bonds is 23. The minimum atomic E-state index is -3.23. The predicted molar refractivity (Wildman–Crippen MR) is 566 cm³/mol. The Kier molecular flexibility index (Phi) is 58.2. The normalized spacial score (nSPS) is 13.0. The van der Waals surface area contributed by atoms with Crippen molar-refractivity contribution in [3.8, 4) is 0 Å². The van der Waals surface area contributed by atoms with Gasteiger partial charge in [0.25, 0.3) is 11.1 Å². The molecule has 2 aliphatic heterocycles. The van der Waals surface area contributed by atoms with Crippen LogP contribution in [-0.4, -0.2) is 107 Å². The molecule has 146 heavy (non-hydrogen) atoms. The number of benzene rings is 15. The van der Waals surface area contributed by atoms with Gasteiger partial charge in [-0.2, -0.15) is 10.2 Å². The molecule has 0 fully saturated rings. The minimum absolute atomic E-state index is 0. The van der Waals surface area contributed by atoms with Crippen molar-refractivity contribution in [1.82, 2.24) is 5.32 Å². The third-order valence-corrected chi connectivity index (χ3v) is 25.2. The maximum Gasteiger partial charge on any atom is 1.00 e. The molecule has 2 heterocycles. The standard InChI is InChI=1S/2C23H19FN2O2.C18H15P.C14H12FNO.C10H10O2.C7H4ClFO.C7H9N.C7H6O.C5H11O5P.Cl2.2Na.H2O.H/c1-28-23(27)20-21(16-12-14-18(24)15-13-16)25-26(19-10-6-3-7-11-19)22(20)17-8-4-2-5-9-17;1-28-23(27)20-21(16-8-4-2-5-9-16)25-26(19-14-12-18(24)13-15-19)22(20)17-10-6-3-7-11-17;1-4-10-16(11-5-1)19(17-12-6-2-7-13-17)18-14-8-3-9-15-18;15-13-8-6-12(7-9-13)14(17)16-10-11-4-2-1-3-5-11;1-12-10(11)8-7-9-5-3-2-4-6-9;8-7(10)5-1-3-6(9)4-2-5;2*8-6-7-4-2-1-3-5-7;1-8-5(6)4-11(7,9-2)10-3;1-2;;;;/h2*2-15,20,22H,1H3;1-15H;1-9H,10H2,(H,16,17);2-8H,1H3;1-4H;1-5H,6,8H2;1-6H;4H2,1-3H3;;;;1H2;/q;;;;;;;;;;2*+1;;-1/p-1/b;;;;8-7+;;;;;;;;;. The Labute approximate surface area is 909 Å². The number of aldehydes is 1. The molecule has 744 valence electrons. The van der Waals surface area contributed by atoms with Gasteiger partial charge >= 0.3 is 90.6 Å². The van der Waals surface area contributed by atoms with Crippen LogP contribution in [0.1, 0.15) is 83.5 Å². The van der Waals surface area contributed by atoms with Crippen molar-refractivity contribution in [2.45, 2.75) is 25.2 Å². The number of amides is 1. The fourth-order valence-electron chi connectivity index (χ4n) is 13.7. The molecule has 0 saturated heterocycles. The van der Waals surface area contributed by atoms with Gasteiger partial charge in [-0.3, -0.25) is 43.4 Å². The van der Waals surface area contributed by atoms with E-state index in [1.54, 1.807) is 47.5 Å². The van der Waals surface area contributed by atoms with Crippen LogP contribution >= 0.6 is 48.8 Å². The average Bonchev–Trinajstić information content (AvgIpc) is 1.61. The number of methoxy groups -OCH3 is 4. The molecule has 17 rings (SSSR count). The molecule has 4 unspecified atom stereocenters. The molecule has 0 saturated carbocycles. The third kappa shape index (κ3) is 41.0. The van der Waals surface area contributed by atoms with Crippen molar-refractivity contribution in [2.75, 3.05) is 58.8 Å². The zero-order valence-electron chi connectivity index (χ0n) is 82.2. The molecule has 0 bridgehead atoms. The molecule has 32 heteroatoms. The Bertz CT molecular complexity index is 6390. The Morgan fingerprint density at radius 3 is 1.05 bits per heavy atom. The first kappa shape index (κ1) is 123. The van der Waals surface area contributed by atoms with Gasteiger partial charge in [0, 0.05) is 71.8 Å². The summed E-state index contributed by atoms with van der Waals surface area (Å²) in [4.78, 5) is 79.0. The van der Waals surface area contributed by atoms with Crippen LogP contribution in [0.5, 0.6) is 0 Å². The number of hydrogen-bond donors (Lipinski definition) is 2. The van der Waals surface area contributed by atoms with Crippen molar-refractivity contribution in [1.29, 1.82) is 0 Å². The van der Waals surface area contributed by atoms with Crippen molar-refractivity contribution in [3.05, 3.63) is 516 Å². The number of ether oxygens (including phenoxy) is 4. The predicted octanol–water partition coefficient (Wildman–Crippen LogP) is 18.1. The second kappa shape index (κ2) is 68.9. The van der Waals surface area contributed by atoms with Gasteiger partial charge in [0.15, 0.2) is 0 Å². The second-order valence-electron chi connectivity index (χ2n) is 30.1. The molecule has 15 aromatic rings. The van der Waals surface area contributed by atoms with Gasteiger partial charge in [-0.05, 0) is 178 Å². The number of para-hydroxylation sites is 1. The van der Waals surface area contributed by atoms with Crippen LogP contribution < -0.4 is 96.1 Å². The monoisotopic (exact) mass is 2090 g/mol. The average molecular weight is 2090 g/mol. The number of carbonyl (C=O) groups is 7. The molecule has 2 aliphatic rings. The molecule has 21 nitrogen and oxygen atoms in total. The van der Waals surface area contributed by atoms with E-state index in [0.29, 0.717) is 46.9 Å². The smallest absolute Gasteiger partial charge is 1.00 e. The molecule has 0 aromatic heterocycles. The van der Waals surface area contributed by atoms with Gasteiger partial charge in [0.1, 0.15) is 47.6 Å². The summed E-state index contributed by atoms with van der Waals surface area (Å²) in [6.45, 7) is 1.11. The molecule has 15 aromatic carbocycles. The summed E-state index contributed by atoms with van der Waals surface area (Å²) in [5.41, 5.74) is 16.2. The van der Waals surface area contributed by atoms with Crippen LogP contribution in [-0.2, 0) is 64.8 Å². The summed E-state index contributed by atoms with van der Waals surface area (Å²) >= 11 is 5.09. The number of nitrogens with zero attached hydrogens (tertiary/aromatic N) is 4. The number of nitrogens with two attached hydrogens (primary N) is 1. The van der Waals surface area contributed by atoms with E-state index in [1.165, 1.54) is 143 Å². The van der Waals surface area contributed by atoms with E-state index in [-0.39, 0.29) is 125 Å². The van der Waals surface area contributed by atoms with Crippen molar-refractivity contribution >= 4 is 135 Å². The van der Waals surface area contributed by atoms with Crippen LogP contribution in [0.3, 0.4) is 0 Å². The van der Waals surface area contributed by atoms with E-state index in [1.807, 2.05) is 236 Å². The quantitative estimate of drug-likeness (QED) is 0.00879. The van der Waals surface area contributed by atoms with E-state index >= 15 is 0 Å². The summed E-state index contributed by atoms with van der Waals surface area (Å²) < 4.78 is 90.9. The van der Waals surface area contributed by atoms with Crippen LogP contribution in [0.15, 0.2) is 447 Å². The Morgan fingerprint density at radius 1 is 0.404 bits per heavy atom. The summed E-state index contributed by atoms with van der Waals surface area (Å²) in [6, 6.07) is 131. The minimum Gasteiger partial charge on any atom is -1.00 e. The summed E-state index contributed by atoms with van der Waals surface area (Å²) in [5, 5.41) is 19.6. The molecule has 0 spiro atoms. The van der Waals surface area contributed by atoms with Crippen LogP contribution in [0.4, 0.5) is 28.9 Å². The third-order valence-electron chi connectivity index (χ3n) is 20.7. The van der Waals surface area contributed by atoms with Gasteiger partial charge < -0.3 is 45.9 Å². The largest absolute Gasteiger partial charge is 1.00 e. The van der Waals surface area contributed by atoms with E-state index in [4.69, 9.17) is 37.0 Å². The second-order valence-corrected chi connectivity index (χ2v) is 34.9. The first-order valence-corrected chi connectivity index (χ1v) is 48.7. The molecule has 1 amide bonds. The van der Waals surface area contributed by atoms with Crippen molar-refractivity contribution in [3.63, 3.8) is 0 Å². The van der Waals surface area contributed by atoms with Gasteiger partial charge in [0.2, 0.25) is 0 Å². The van der Waals surface area contributed by atoms with Gasteiger partial charge in [-0.15, -0.1) is 0 Å². The molecular formula is C114H107Cl3F4N6Na2O15P2. The number of nitrogens with one attached hydrogen (secondary N) is 1. The number of carbonyl (C=O) groups excluding carboxylic acids is 7. The molecule has 0 radical (unpaired) electrons. The van der Waals surface area contributed by atoms with E-state index in [0.717, 1.165) is 45.4 Å². The van der Waals surface area contributed by atoms with Crippen molar-refractivity contribution in [2.24, 2.45) is 27.8 Å². The van der Waals surface area contributed by atoms with Crippen LogP contribution in [0.25, 0.3) is 6.08 Å². The Balaban J connectivity index is 0.000000354. The number of hydrogen-bond acceptors (Lipinski definition) is 20. The number of esters is 4. The number of anilines is 2. The summed E-state index contributed by atoms with van der Waals surface area (Å²) in [5.74, 6) is -4.52. The first-order valence-electron chi connectivity index (χ1n) is 44.1. The Morgan fingerprint density at radius 2 is 0.719 bits per heavy atom. The maximum atomic E-state index is 13.5. The summed E-state index contributed by atoms with van der Waals surface area (Å²) in [6.07, 6.45) is 3.59. The van der Waals surface area contributed by atoms with E-state index in [2.05, 4.69) is 137 Å². The molecule has 4 atom stereocenters. The molecule has 4 N–H and O–H groups in total. The topological polar surface area (TPSA) is 291 Å². The molecule has 0 aliphatic carbocycles. The molecular weight excluding hydrogens is 1980 g/mol. The number of hydrazone groups is 2. The van der Waals surface area contributed by atoms with E-state index in [9.17, 15) is 55.7 Å². The van der Waals surface area contributed by atoms with E-state index < -0.39 is 44.6 Å². The first-order chi connectivity index (χ1) is 69.5. The zero-order valence-corrected chi connectivity index (χ0v) is 89.3. The van der Waals surface area contributed by atoms with Crippen LogP contribution in [0.2, 0.25) is 0 Å². The van der Waals surface area contributed by atoms with Crippen LogP contribution in [0, 0.1) is 35.1 Å². The fraction of sp³-hybridized carbons (Fsp3) is 0.114. The SMILES string of the molecule is COC(=O)/C=C/c1ccccc1.COC(=O)C1C(c2ccc(F)cc2)=NN(c2ccccc2)C1c1ccccc1.COC(=O)C1C(c2ccccc2)=NN(c2ccc(F)cc2)C1c1ccccc1.COC(=O)CP(=O)(OC)OC.ClCl.NCc1ccccc1.O=C(Cl)c1ccc(F)cc1.O=C(NCc1ccccc1)c1ccc(F)cc1.O=Cc1ccccc1.[H-].[Na+].[Na+].[OH-].c1ccc(P(c2ccccc2)c2ccccc2)cc1. The fourth-order valence-corrected chi connectivity index (χ4v) is 17.0.